The second-order valence-corrected chi connectivity index (χ2v) is 8.40. The second-order valence-electron chi connectivity index (χ2n) is 7.42. The van der Waals surface area contributed by atoms with E-state index >= 15 is 0 Å². The summed E-state index contributed by atoms with van der Waals surface area (Å²) in [5.41, 5.74) is 3.86. The lowest BCUT2D eigenvalue weighted by atomic mass is 9.93. The number of carbonyl (C=O) groups excluding carboxylic acids is 1. The summed E-state index contributed by atoms with van der Waals surface area (Å²) < 4.78 is 0. The minimum atomic E-state index is 0.00477. The third-order valence-corrected chi connectivity index (χ3v) is 6.71. The van der Waals surface area contributed by atoms with Crippen LogP contribution in [0.3, 0.4) is 0 Å². The molecular weight excluding hydrogens is 328 g/mol. The zero-order valence-corrected chi connectivity index (χ0v) is 15.6. The van der Waals surface area contributed by atoms with Gasteiger partial charge in [0.15, 0.2) is 0 Å². The Morgan fingerprint density at radius 2 is 2.08 bits per heavy atom. The van der Waals surface area contributed by atoms with Crippen LogP contribution >= 0.6 is 11.3 Å². The lowest BCUT2D eigenvalue weighted by Crippen LogP contribution is -2.35. The molecule has 2 aliphatic rings. The van der Waals surface area contributed by atoms with Gasteiger partial charge in [0.25, 0.3) is 0 Å². The molecule has 1 saturated heterocycles. The van der Waals surface area contributed by atoms with E-state index < -0.39 is 0 Å². The van der Waals surface area contributed by atoms with E-state index in [0.29, 0.717) is 5.92 Å². The maximum Gasteiger partial charge on any atom is 0.221 e. The number of likely N-dealkylation sites (tertiary alicyclic amines) is 1. The van der Waals surface area contributed by atoms with Gasteiger partial charge < -0.3 is 10.2 Å². The van der Waals surface area contributed by atoms with Gasteiger partial charge in [-0.3, -0.25) is 4.79 Å². The summed E-state index contributed by atoms with van der Waals surface area (Å²) in [6.07, 6.45) is 4.98. The highest BCUT2D eigenvalue weighted by Gasteiger charge is 2.27. The van der Waals surface area contributed by atoms with Gasteiger partial charge in [-0.2, -0.15) is 0 Å². The first kappa shape index (κ1) is 16.8. The molecule has 1 N–H and O–H groups in total. The Labute approximate surface area is 154 Å². The smallest absolute Gasteiger partial charge is 0.221 e. The van der Waals surface area contributed by atoms with E-state index in [9.17, 15) is 4.79 Å². The molecule has 4 heteroatoms. The van der Waals surface area contributed by atoms with Gasteiger partial charge in [-0.15, -0.1) is 11.3 Å². The van der Waals surface area contributed by atoms with Crippen molar-refractivity contribution in [2.45, 2.75) is 44.4 Å². The van der Waals surface area contributed by atoms with Crippen LogP contribution in [0.25, 0.3) is 0 Å². The van der Waals surface area contributed by atoms with Gasteiger partial charge in [0.05, 0.1) is 0 Å². The molecule has 1 aliphatic carbocycles. The molecule has 0 saturated carbocycles. The molecule has 2 aromatic rings. The van der Waals surface area contributed by atoms with Crippen LogP contribution in [0.1, 0.15) is 54.0 Å². The van der Waals surface area contributed by atoms with E-state index in [0.717, 1.165) is 18.2 Å². The van der Waals surface area contributed by atoms with Crippen LogP contribution in [-0.4, -0.2) is 30.4 Å². The lowest BCUT2D eigenvalue weighted by Gasteiger charge is -2.33. The molecule has 1 amide bonds. The second kappa shape index (κ2) is 7.30. The third-order valence-electron chi connectivity index (χ3n) is 5.68. The molecule has 0 radical (unpaired) electrons. The molecule has 1 fully saturated rings. The van der Waals surface area contributed by atoms with E-state index in [1.54, 1.807) is 11.8 Å². The van der Waals surface area contributed by atoms with Gasteiger partial charge >= 0.3 is 0 Å². The monoisotopic (exact) mass is 354 g/mol. The maximum absolute atomic E-state index is 11.3. The Morgan fingerprint density at radius 3 is 2.80 bits per heavy atom. The summed E-state index contributed by atoms with van der Waals surface area (Å²) in [4.78, 5) is 15.5. The first-order valence-corrected chi connectivity index (χ1v) is 10.2. The van der Waals surface area contributed by atoms with Crippen LogP contribution in [0.15, 0.2) is 35.7 Å². The molecule has 1 unspecified atom stereocenters. The number of hydrogen-bond acceptors (Lipinski definition) is 3. The SMILES string of the molecule is CC(=O)Nc1ccc2c(c1)C(CN1CCC(c3cccs3)CC1)CC2. The number of nitrogens with zero attached hydrogens (tertiary/aromatic N) is 1. The summed E-state index contributed by atoms with van der Waals surface area (Å²) in [5.74, 6) is 1.38. The minimum absolute atomic E-state index is 0.00477. The quantitative estimate of drug-likeness (QED) is 0.869. The largest absolute Gasteiger partial charge is 0.326 e. The zero-order chi connectivity index (χ0) is 17.2. The van der Waals surface area contributed by atoms with Crippen molar-refractivity contribution in [3.05, 3.63) is 51.7 Å². The van der Waals surface area contributed by atoms with E-state index in [4.69, 9.17) is 0 Å². The Balaban J connectivity index is 1.38. The van der Waals surface area contributed by atoms with Crippen molar-refractivity contribution >= 4 is 22.9 Å². The number of amides is 1. The van der Waals surface area contributed by atoms with E-state index in [-0.39, 0.29) is 5.91 Å². The van der Waals surface area contributed by atoms with Gasteiger partial charge in [-0.1, -0.05) is 12.1 Å². The molecule has 3 nitrogen and oxygen atoms in total. The number of aryl methyl sites for hydroxylation is 1. The molecule has 0 bridgehead atoms. The fourth-order valence-electron chi connectivity index (χ4n) is 4.39. The van der Waals surface area contributed by atoms with Crippen LogP contribution in [-0.2, 0) is 11.2 Å². The molecule has 1 atom stereocenters. The summed E-state index contributed by atoms with van der Waals surface area (Å²) in [6, 6.07) is 10.9. The fraction of sp³-hybridized carbons (Fsp3) is 0.476. The molecule has 2 heterocycles. The number of carbonyl (C=O) groups is 1. The maximum atomic E-state index is 11.3. The van der Waals surface area contributed by atoms with Crippen molar-refractivity contribution in [3.63, 3.8) is 0 Å². The van der Waals surface area contributed by atoms with Gasteiger partial charge in [-0.05, 0) is 85.3 Å². The number of thiophene rings is 1. The Kier molecular flexibility index (Phi) is 4.91. The van der Waals surface area contributed by atoms with Crippen molar-refractivity contribution in [1.82, 2.24) is 4.90 Å². The summed E-state index contributed by atoms with van der Waals surface area (Å²) in [5, 5.41) is 5.13. The predicted octanol–water partition coefficient (Wildman–Crippen LogP) is 4.62. The number of hydrogen-bond donors (Lipinski definition) is 1. The molecule has 1 aromatic carbocycles. The summed E-state index contributed by atoms with van der Waals surface area (Å²) in [6.45, 7) is 5.15. The summed E-state index contributed by atoms with van der Waals surface area (Å²) >= 11 is 1.91. The van der Waals surface area contributed by atoms with Crippen LogP contribution in [0.2, 0.25) is 0 Å². The molecule has 1 aromatic heterocycles. The van der Waals surface area contributed by atoms with Crippen LogP contribution in [0, 0.1) is 0 Å². The molecule has 1 aliphatic heterocycles. The van der Waals surface area contributed by atoms with E-state index in [2.05, 4.69) is 39.9 Å². The van der Waals surface area contributed by atoms with Crippen LogP contribution < -0.4 is 5.32 Å². The molecular formula is C21H26N2OS. The minimum Gasteiger partial charge on any atom is -0.326 e. The first-order valence-electron chi connectivity index (χ1n) is 9.35. The Hall–Kier alpha value is -1.65. The fourth-order valence-corrected chi connectivity index (χ4v) is 5.29. The van der Waals surface area contributed by atoms with Crippen molar-refractivity contribution in [3.8, 4) is 0 Å². The lowest BCUT2D eigenvalue weighted by molar-refractivity contribution is -0.114. The highest BCUT2D eigenvalue weighted by molar-refractivity contribution is 7.10. The molecule has 0 spiro atoms. The number of piperidine rings is 1. The third kappa shape index (κ3) is 3.80. The number of nitrogens with one attached hydrogen (secondary N) is 1. The predicted molar refractivity (Wildman–Crippen MR) is 105 cm³/mol. The zero-order valence-electron chi connectivity index (χ0n) is 14.8. The Bertz CT molecular complexity index is 732. The topological polar surface area (TPSA) is 32.3 Å². The Morgan fingerprint density at radius 1 is 1.24 bits per heavy atom. The van der Waals surface area contributed by atoms with Gasteiger partial charge in [0.2, 0.25) is 5.91 Å². The van der Waals surface area contributed by atoms with Gasteiger partial charge in [-0.25, -0.2) is 0 Å². The van der Waals surface area contributed by atoms with E-state index in [1.165, 1.54) is 49.9 Å². The van der Waals surface area contributed by atoms with Gasteiger partial charge in [0, 0.05) is 24.0 Å². The molecule has 132 valence electrons. The van der Waals surface area contributed by atoms with Crippen molar-refractivity contribution in [2.24, 2.45) is 0 Å². The molecule has 25 heavy (non-hydrogen) atoms. The van der Waals surface area contributed by atoms with Crippen LogP contribution in [0.5, 0.6) is 0 Å². The van der Waals surface area contributed by atoms with Crippen molar-refractivity contribution < 1.29 is 4.79 Å². The number of benzene rings is 1. The van der Waals surface area contributed by atoms with Crippen molar-refractivity contribution in [2.75, 3.05) is 25.0 Å². The number of anilines is 1. The summed E-state index contributed by atoms with van der Waals surface area (Å²) in [7, 11) is 0. The van der Waals surface area contributed by atoms with Gasteiger partial charge in [0.1, 0.15) is 0 Å². The normalized spacial score (nSPS) is 21.2. The first-order chi connectivity index (χ1) is 12.2. The molecule has 4 rings (SSSR count). The number of rotatable bonds is 4. The van der Waals surface area contributed by atoms with E-state index in [1.807, 2.05) is 17.4 Å². The van der Waals surface area contributed by atoms with Crippen molar-refractivity contribution in [1.29, 1.82) is 0 Å². The highest BCUT2D eigenvalue weighted by atomic mass is 32.1. The average molecular weight is 355 g/mol. The highest BCUT2D eigenvalue weighted by Crippen LogP contribution is 2.37. The van der Waals surface area contributed by atoms with Crippen LogP contribution in [0.4, 0.5) is 5.69 Å². The average Bonchev–Trinajstić information content (AvgIpc) is 3.26. The number of fused-ring (bicyclic) bond motifs is 1. The standard InChI is InChI=1S/C21H26N2OS/c1-15(24)22-19-7-6-16-4-5-18(20(16)13-19)14-23-10-8-17(9-11-23)21-3-2-12-25-21/h2-3,6-7,12-13,17-18H,4-5,8-11,14H2,1H3,(H,22,24).